The van der Waals surface area contributed by atoms with Crippen LogP contribution in [0.5, 0.6) is 0 Å². The van der Waals surface area contributed by atoms with E-state index in [1.54, 1.807) is 6.92 Å². The van der Waals surface area contributed by atoms with Gasteiger partial charge in [0.25, 0.3) is 0 Å². The molecule has 0 radical (unpaired) electrons. The Morgan fingerprint density at radius 1 is 1.41 bits per heavy atom. The van der Waals surface area contributed by atoms with Crippen molar-refractivity contribution in [1.82, 2.24) is 4.98 Å². The number of nitrogens with zero attached hydrogens (tertiary/aromatic N) is 1. The maximum absolute atomic E-state index is 11.2. The van der Waals surface area contributed by atoms with E-state index in [1.807, 2.05) is 35.7 Å². The molecule has 0 bridgehead atoms. The molecule has 2 aromatic rings. The molecule has 0 fully saturated rings. The number of ether oxygens (including phenoxy) is 1. The Bertz CT molecular complexity index is 496. The predicted molar refractivity (Wildman–Crippen MR) is 68.2 cm³/mol. The van der Waals surface area contributed by atoms with Gasteiger partial charge in [0, 0.05) is 10.9 Å². The Morgan fingerprint density at radius 2 is 2.18 bits per heavy atom. The van der Waals surface area contributed by atoms with E-state index in [0.29, 0.717) is 11.7 Å². The molecular weight excluding hydrogens is 236 g/mol. The number of anilines is 1. The molecule has 1 aromatic heterocycles. The van der Waals surface area contributed by atoms with Crippen LogP contribution in [0.3, 0.4) is 0 Å². The number of thiazole rings is 1. The molecular formula is C12H12N2O2S. The number of nitrogens with one attached hydrogen (secondary N) is 1. The minimum absolute atomic E-state index is 0.350. The molecule has 1 amide bonds. The maximum Gasteiger partial charge on any atom is 0.413 e. The molecule has 0 aliphatic carbocycles. The van der Waals surface area contributed by atoms with Crippen molar-refractivity contribution in [3.8, 4) is 11.3 Å². The summed E-state index contributed by atoms with van der Waals surface area (Å²) in [5.41, 5.74) is 1.88. The average Bonchev–Trinajstić information content (AvgIpc) is 2.79. The van der Waals surface area contributed by atoms with E-state index < -0.39 is 6.09 Å². The van der Waals surface area contributed by atoms with Gasteiger partial charge in [0.05, 0.1) is 12.3 Å². The first kappa shape index (κ1) is 11.6. The Hall–Kier alpha value is -1.88. The Kier molecular flexibility index (Phi) is 3.72. The first-order valence-electron chi connectivity index (χ1n) is 5.24. The van der Waals surface area contributed by atoms with E-state index >= 15 is 0 Å². The van der Waals surface area contributed by atoms with Crippen molar-refractivity contribution in [3.05, 3.63) is 35.7 Å². The monoisotopic (exact) mass is 248 g/mol. The maximum atomic E-state index is 11.2. The van der Waals surface area contributed by atoms with Gasteiger partial charge >= 0.3 is 6.09 Å². The van der Waals surface area contributed by atoms with Crippen LogP contribution in [0.15, 0.2) is 35.7 Å². The Morgan fingerprint density at radius 3 is 2.88 bits per heavy atom. The summed E-state index contributed by atoms with van der Waals surface area (Å²) in [5, 5.41) is 5.02. The van der Waals surface area contributed by atoms with E-state index in [0.717, 1.165) is 11.3 Å². The highest BCUT2D eigenvalue weighted by Crippen LogP contribution is 2.24. The molecule has 0 atom stereocenters. The summed E-state index contributed by atoms with van der Waals surface area (Å²) in [4.78, 5) is 15.5. The van der Waals surface area contributed by atoms with Crippen LogP contribution in [-0.2, 0) is 4.74 Å². The SMILES string of the molecule is CCOC(=O)Nc1nc(-c2ccccc2)cs1. The topological polar surface area (TPSA) is 51.2 Å². The predicted octanol–water partition coefficient (Wildman–Crippen LogP) is 3.38. The summed E-state index contributed by atoms with van der Waals surface area (Å²) in [5.74, 6) is 0. The summed E-state index contributed by atoms with van der Waals surface area (Å²) < 4.78 is 4.78. The molecule has 4 nitrogen and oxygen atoms in total. The fraction of sp³-hybridized carbons (Fsp3) is 0.167. The number of hydrogen-bond donors (Lipinski definition) is 1. The van der Waals surface area contributed by atoms with Crippen molar-refractivity contribution in [2.24, 2.45) is 0 Å². The van der Waals surface area contributed by atoms with Crippen LogP contribution < -0.4 is 5.32 Å². The lowest BCUT2D eigenvalue weighted by molar-refractivity contribution is 0.168. The molecule has 17 heavy (non-hydrogen) atoms. The molecule has 0 aliphatic rings. The zero-order valence-corrected chi connectivity index (χ0v) is 10.2. The highest BCUT2D eigenvalue weighted by atomic mass is 32.1. The van der Waals surface area contributed by atoms with Crippen LogP contribution in [0.25, 0.3) is 11.3 Å². The summed E-state index contributed by atoms with van der Waals surface area (Å²) >= 11 is 1.38. The fourth-order valence-corrected chi connectivity index (χ4v) is 2.03. The van der Waals surface area contributed by atoms with Gasteiger partial charge < -0.3 is 4.74 Å². The summed E-state index contributed by atoms with van der Waals surface area (Å²) in [6.07, 6.45) is -0.471. The van der Waals surface area contributed by atoms with E-state index in [2.05, 4.69) is 10.3 Å². The molecule has 0 saturated heterocycles. The van der Waals surface area contributed by atoms with Crippen LogP contribution in [0.2, 0.25) is 0 Å². The largest absolute Gasteiger partial charge is 0.450 e. The zero-order chi connectivity index (χ0) is 12.1. The second-order valence-corrected chi connectivity index (χ2v) is 4.11. The third-order valence-corrected chi connectivity index (χ3v) is 2.82. The van der Waals surface area contributed by atoms with Gasteiger partial charge in [-0.2, -0.15) is 0 Å². The molecule has 0 aliphatic heterocycles. The van der Waals surface area contributed by atoms with E-state index in [9.17, 15) is 4.79 Å². The van der Waals surface area contributed by atoms with Crippen LogP contribution in [0.4, 0.5) is 9.93 Å². The second kappa shape index (κ2) is 5.45. The van der Waals surface area contributed by atoms with Gasteiger partial charge in [0.1, 0.15) is 0 Å². The molecule has 1 heterocycles. The van der Waals surface area contributed by atoms with Gasteiger partial charge in [-0.25, -0.2) is 9.78 Å². The average molecular weight is 248 g/mol. The van der Waals surface area contributed by atoms with Crippen LogP contribution >= 0.6 is 11.3 Å². The lowest BCUT2D eigenvalue weighted by Crippen LogP contribution is -2.12. The molecule has 0 unspecified atom stereocenters. The molecule has 0 spiro atoms. The first-order valence-corrected chi connectivity index (χ1v) is 6.12. The zero-order valence-electron chi connectivity index (χ0n) is 9.34. The lowest BCUT2D eigenvalue weighted by Gasteiger charge is -2.00. The van der Waals surface area contributed by atoms with Gasteiger partial charge in [0.15, 0.2) is 5.13 Å². The molecule has 88 valence electrons. The molecule has 5 heteroatoms. The van der Waals surface area contributed by atoms with Crippen molar-refractivity contribution in [1.29, 1.82) is 0 Å². The number of carbonyl (C=O) groups is 1. The van der Waals surface area contributed by atoms with Crippen molar-refractivity contribution >= 4 is 22.6 Å². The minimum atomic E-state index is -0.471. The summed E-state index contributed by atoms with van der Waals surface area (Å²) in [6.45, 7) is 2.11. The van der Waals surface area contributed by atoms with Crippen molar-refractivity contribution in [2.75, 3.05) is 11.9 Å². The van der Waals surface area contributed by atoms with Crippen molar-refractivity contribution in [3.63, 3.8) is 0 Å². The molecule has 1 aromatic carbocycles. The quantitative estimate of drug-likeness (QED) is 0.905. The third-order valence-electron chi connectivity index (χ3n) is 2.06. The lowest BCUT2D eigenvalue weighted by atomic mass is 10.2. The minimum Gasteiger partial charge on any atom is -0.450 e. The molecule has 2 rings (SSSR count). The highest BCUT2D eigenvalue weighted by Gasteiger charge is 2.07. The second-order valence-electron chi connectivity index (χ2n) is 3.25. The van der Waals surface area contributed by atoms with Gasteiger partial charge in [-0.05, 0) is 6.92 Å². The Balaban J connectivity index is 2.09. The number of carbonyl (C=O) groups excluding carboxylic acids is 1. The normalized spacial score (nSPS) is 9.94. The number of hydrogen-bond acceptors (Lipinski definition) is 4. The summed E-state index contributed by atoms with van der Waals surface area (Å²) in [7, 11) is 0. The van der Waals surface area contributed by atoms with Crippen molar-refractivity contribution in [2.45, 2.75) is 6.92 Å². The number of benzene rings is 1. The highest BCUT2D eigenvalue weighted by molar-refractivity contribution is 7.14. The number of amides is 1. The third kappa shape index (κ3) is 3.04. The smallest absolute Gasteiger partial charge is 0.413 e. The van der Waals surface area contributed by atoms with Gasteiger partial charge in [-0.1, -0.05) is 30.3 Å². The van der Waals surface area contributed by atoms with E-state index in [4.69, 9.17) is 4.74 Å². The van der Waals surface area contributed by atoms with Gasteiger partial charge in [0.2, 0.25) is 0 Å². The van der Waals surface area contributed by atoms with Crippen LogP contribution in [-0.4, -0.2) is 17.7 Å². The standard InChI is InChI=1S/C12H12N2O2S/c1-2-16-12(15)14-11-13-10(8-17-11)9-6-4-3-5-7-9/h3-8H,2H2,1H3,(H,13,14,15). The Labute approximate surface area is 103 Å². The molecule has 0 saturated carbocycles. The van der Waals surface area contributed by atoms with Crippen LogP contribution in [0.1, 0.15) is 6.92 Å². The fourth-order valence-electron chi connectivity index (χ4n) is 1.33. The molecule has 1 N–H and O–H groups in total. The van der Waals surface area contributed by atoms with Crippen LogP contribution in [0, 0.1) is 0 Å². The van der Waals surface area contributed by atoms with Gasteiger partial charge in [-0.15, -0.1) is 11.3 Å². The number of aromatic nitrogens is 1. The first-order chi connectivity index (χ1) is 8.29. The van der Waals surface area contributed by atoms with Gasteiger partial charge in [-0.3, -0.25) is 5.32 Å². The number of rotatable bonds is 3. The van der Waals surface area contributed by atoms with Crippen molar-refractivity contribution < 1.29 is 9.53 Å². The van der Waals surface area contributed by atoms with E-state index in [-0.39, 0.29) is 0 Å². The summed E-state index contributed by atoms with van der Waals surface area (Å²) in [6, 6.07) is 9.81. The van der Waals surface area contributed by atoms with E-state index in [1.165, 1.54) is 11.3 Å².